The number of likely N-dealkylation sites (N-methyl/N-ethyl adjacent to an activating group) is 2. The fraction of sp³-hybridized carbons (Fsp3) is 0.690. The number of ether oxygens (including phenoxy) is 2. The predicted octanol–water partition coefficient (Wildman–Crippen LogP) is 5.55. The molecule has 0 spiro atoms. The minimum absolute atomic E-state index is 0.0237. The van der Waals surface area contributed by atoms with E-state index >= 15 is 0 Å². The number of nitrogens with zero attached hydrogens (tertiary/aromatic N) is 3. The second-order valence-electron chi connectivity index (χ2n) is 15.8. The molecule has 1 aromatic carbocycles. The van der Waals surface area contributed by atoms with E-state index in [2.05, 4.69) is 22.4 Å². The molecule has 1 aliphatic heterocycles. The van der Waals surface area contributed by atoms with Gasteiger partial charge in [-0.05, 0) is 57.6 Å². The molecule has 2 aromatic rings. The Morgan fingerprint density at radius 3 is 2.30 bits per heavy atom. The van der Waals surface area contributed by atoms with Crippen LogP contribution >= 0.6 is 11.3 Å². The molecule has 1 saturated heterocycles. The van der Waals surface area contributed by atoms with Crippen molar-refractivity contribution in [3.63, 3.8) is 0 Å². The van der Waals surface area contributed by atoms with Crippen LogP contribution in [-0.4, -0.2) is 115 Å². The van der Waals surface area contributed by atoms with Gasteiger partial charge in [-0.2, -0.15) is 0 Å². The number of nitrogens with one attached hydrogen (secondary N) is 1. The number of thiazole rings is 1. The van der Waals surface area contributed by atoms with Gasteiger partial charge in [-0.3, -0.25) is 19.2 Å². The number of aromatic nitrogens is 1. The topological polar surface area (TPSA) is 138 Å². The first kappa shape index (κ1) is 45.4. The van der Waals surface area contributed by atoms with Crippen molar-refractivity contribution in [1.82, 2.24) is 20.1 Å². The van der Waals surface area contributed by atoms with Crippen LogP contribution < -0.4 is 5.32 Å². The van der Waals surface area contributed by atoms with Gasteiger partial charge >= 0.3 is 0 Å². The molecule has 0 bridgehead atoms. The highest BCUT2D eigenvalue weighted by molar-refractivity contribution is 7.09. The summed E-state index contributed by atoms with van der Waals surface area (Å²) in [5.41, 5.74) is 0.318. The van der Waals surface area contributed by atoms with E-state index in [0.29, 0.717) is 25.8 Å². The number of methoxy groups -OCH3 is 2. The zero-order valence-electron chi connectivity index (χ0n) is 34.2. The molecule has 1 aliphatic rings. The molecule has 2 amide bonds. The molecular formula is C42H66N4O7S. The Morgan fingerprint density at radius 2 is 1.74 bits per heavy atom. The summed E-state index contributed by atoms with van der Waals surface area (Å²) < 4.78 is 12.1. The van der Waals surface area contributed by atoms with Crippen molar-refractivity contribution in [2.45, 2.75) is 122 Å². The van der Waals surface area contributed by atoms with Crippen LogP contribution in [0.15, 0.2) is 41.9 Å². The number of ketones is 2. The van der Waals surface area contributed by atoms with Gasteiger partial charge in [-0.1, -0.05) is 64.4 Å². The summed E-state index contributed by atoms with van der Waals surface area (Å²) in [6.07, 6.45) is 3.92. The van der Waals surface area contributed by atoms with E-state index in [1.165, 1.54) is 0 Å². The van der Waals surface area contributed by atoms with Crippen molar-refractivity contribution in [2.24, 2.45) is 23.7 Å². The van der Waals surface area contributed by atoms with E-state index in [1.807, 2.05) is 49.3 Å². The average Bonchev–Trinajstić information content (AvgIpc) is 3.90. The van der Waals surface area contributed by atoms with Crippen molar-refractivity contribution in [3.05, 3.63) is 52.5 Å². The number of rotatable bonds is 23. The van der Waals surface area contributed by atoms with E-state index in [4.69, 9.17) is 9.47 Å². The van der Waals surface area contributed by atoms with Gasteiger partial charge in [-0.15, -0.1) is 11.3 Å². The summed E-state index contributed by atoms with van der Waals surface area (Å²) in [6, 6.07) is 9.38. The van der Waals surface area contributed by atoms with Crippen LogP contribution in [0.1, 0.15) is 96.6 Å². The molecular weight excluding hydrogens is 705 g/mol. The first-order valence-corrected chi connectivity index (χ1v) is 20.4. The molecule has 302 valence electrons. The zero-order chi connectivity index (χ0) is 40.2. The number of carbonyl (C=O) groups is 4. The number of likely N-dealkylation sites (tertiary alicyclic amines) is 1. The van der Waals surface area contributed by atoms with Gasteiger partial charge in [0.25, 0.3) is 0 Å². The molecule has 0 aliphatic carbocycles. The van der Waals surface area contributed by atoms with E-state index in [-0.39, 0.29) is 60.7 Å². The normalized spacial score (nSPS) is 19.3. The van der Waals surface area contributed by atoms with Crippen molar-refractivity contribution in [1.29, 1.82) is 0 Å². The Morgan fingerprint density at radius 1 is 1.06 bits per heavy atom. The summed E-state index contributed by atoms with van der Waals surface area (Å²) in [6.45, 7) is 11.6. The Kier molecular flexibility index (Phi) is 17.9. The van der Waals surface area contributed by atoms with E-state index in [1.54, 1.807) is 71.5 Å². The highest BCUT2D eigenvalue weighted by atomic mass is 32.1. The molecule has 9 atom stereocenters. The fourth-order valence-corrected chi connectivity index (χ4v) is 8.61. The molecule has 3 rings (SSSR count). The lowest BCUT2D eigenvalue weighted by Crippen LogP contribution is -2.54. The van der Waals surface area contributed by atoms with Crippen molar-refractivity contribution in [3.8, 4) is 0 Å². The maximum Gasteiger partial charge on any atom is 0.226 e. The van der Waals surface area contributed by atoms with Crippen LogP contribution in [0, 0.1) is 23.7 Å². The second-order valence-corrected chi connectivity index (χ2v) is 16.7. The van der Waals surface area contributed by atoms with Crippen molar-refractivity contribution < 1.29 is 33.8 Å². The highest BCUT2D eigenvalue weighted by Gasteiger charge is 2.43. The second kappa shape index (κ2) is 21.3. The lowest BCUT2D eigenvalue weighted by molar-refractivity contribution is -0.149. The number of aliphatic hydroxyl groups is 1. The third kappa shape index (κ3) is 11.5. The molecule has 1 aromatic heterocycles. The maximum absolute atomic E-state index is 14.3. The predicted molar refractivity (Wildman–Crippen MR) is 213 cm³/mol. The van der Waals surface area contributed by atoms with Crippen LogP contribution in [0.5, 0.6) is 0 Å². The van der Waals surface area contributed by atoms with Crippen LogP contribution in [0.2, 0.25) is 0 Å². The largest absolute Gasteiger partial charge is 0.396 e. The lowest BCUT2D eigenvalue weighted by atomic mass is 9.82. The number of Topliss-reactive ketones (excluding diaryl/α,β-unsaturated/α-hetero) is 2. The lowest BCUT2D eigenvalue weighted by Gasteiger charge is -2.41. The number of hydrogen-bond donors (Lipinski definition) is 2. The summed E-state index contributed by atoms with van der Waals surface area (Å²) in [5, 5.41) is 16.0. The van der Waals surface area contributed by atoms with Gasteiger partial charge < -0.3 is 29.7 Å². The smallest absolute Gasteiger partial charge is 0.226 e. The van der Waals surface area contributed by atoms with E-state index in [0.717, 1.165) is 23.4 Å². The molecule has 1 fully saturated rings. The summed E-state index contributed by atoms with van der Waals surface area (Å²) >= 11 is 1.56. The van der Waals surface area contributed by atoms with Crippen molar-refractivity contribution >= 4 is 34.7 Å². The summed E-state index contributed by atoms with van der Waals surface area (Å²) in [4.78, 5) is 63.8. The molecule has 12 heteroatoms. The molecule has 2 N–H and O–H groups in total. The molecule has 54 heavy (non-hydrogen) atoms. The minimum Gasteiger partial charge on any atom is -0.396 e. The Bertz CT molecular complexity index is 1470. The van der Waals surface area contributed by atoms with Gasteiger partial charge in [0.15, 0.2) is 5.78 Å². The van der Waals surface area contributed by atoms with Crippen molar-refractivity contribution in [2.75, 3.05) is 41.5 Å². The Labute approximate surface area is 327 Å². The Balaban J connectivity index is 1.80. The number of benzene rings is 1. The van der Waals surface area contributed by atoms with Crippen LogP contribution in [-0.2, 0) is 35.1 Å². The number of hydrogen-bond acceptors (Lipinski definition) is 10. The van der Waals surface area contributed by atoms with Gasteiger partial charge in [0.2, 0.25) is 11.8 Å². The molecule has 1 unspecified atom stereocenters. The van der Waals surface area contributed by atoms with Crippen LogP contribution in [0.25, 0.3) is 0 Å². The number of amides is 2. The summed E-state index contributed by atoms with van der Waals surface area (Å²) in [5.74, 6) is -2.16. The monoisotopic (exact) mass is 770 g/mol. The van der Waals surface area contributed by atoms with Gasteiger partial charge in [0.05, 0.1) is 41.3 Å². The molecule has 2 heterocycles. The minimum atomic E-state index is -0.830. The molecule has 0 saturated carbocycles. The number of aliphatic hydroxyl groups excluding tert-OH is 1. The fourth-order valence-electron chi connectivity index (χ4n) is 7.87. The molecule has 0 radical (unpaired) electrons. The quantitative estimate of drug-likeness (QED) is 0.149. The highest BCUT2D eigenvalue weighted by Crippen LogP contribution is 2.33. The van der Waals surface area contributed by atoms with Crippen LogP contribution in [0.4, 0.5) is 0 Å². The zero-order valence-corrected chi connectivity index (χ0v) is 35.1. The SMILES string of the molecule is CC[C@H](C)[C@@H]([C@@H](CC(=O)N1CCC[C@H]1[C@H](OC)[C@@H](C)C(=O)C[C@@H](Cc1ccccc1)c1nccs1)OC)N(C)C(=O)[C@@H](CC(=O)C(C)(C)NC)C(C)CO. The third-order valence-electron chi connectivity index (χ3n) is 11.9. The maximum atomic E-state index is 14.3. The average molecular weight is 771 g/mol. The standard InChI is InChI=1S/C42H66N4O7S/c1-11-27(2)38(45(8)41(51)32(28(3)26-47)24-36(49)42(5,6)43-7)35(52-9)25-37(50)46-20-15-18-33(46)39(53-10)29(4)34(48)23-31(40-44-19-21-54-40)22-30-16-13-12-14-17-30/h12-14,16-17,19,21,27-29,31-33,35,38-39,43,47H,11,15,18,20,22-26H2,1-10H3/t27-,28?,29-,31+,32-,33-,35+,38-,39+/m0/s1. The van der Waals surface area contributed by atoms with Gasteiger partial charge in [-0.25, -0.2) is 4.98 Å². The first-order valence-electron chi connectivity index (χ1n) is 19.6. The van der Waals surface area contributed by atoms with E-state index < -0.39 is 41.5 Å². The van der Waals surface area contributed by atoms with E-state index in [9.17, 15) is 24.3 Å². The van der Waals surface area contributed by atoms with Gasteiger partial charge in [0, 0.05) is 76.6 Å². The molecule has 11 nitrogen and oxygen atoms in total. The summed E-state index contributed by atoms with van der Waals surface area (Å²) in [7, 11) is 6.60. The van der Waals surface area contributed by atoms with Gasteiger partial charge in [0.1, 0.15) is 5.78 Å². The number of carbonyl (C=O) groups excluding carboxylic acids is 4. The first-order chi connectivity index (χ1) is 25.6. The third-order valence-corrected chi connectivity index (χ3v) is 12.9. The Hall–Kier alpha value is -3.03. The van der Waals surface area contributed by atoms with Crippen LogP contribution in [0.3, 0.4) is 0 Å².